The van der Waals surface area contributed by atoms with Crippen LogP contribution in [0.25, 0.3) is 0 Å². The van der Waals surface area contributed by atoms with Crippen molar-refractivity contribution in [2.24, 2.45) is 12.0 Å². The minimum Gasteiger partial charge on any atom is -0.357 e. The molecule has 1 heterocycles. The fraction of sp³-hybridized carbons (Fsp3) is 0.545. The Hall–Kier alpha value is -1.45. The van der Waals surface area contributed by atoms with Crippen LogP contribution in [-0.2, 0) is 13.6 Å². The summed E-state index contributed by atoms with van der Waals surface area (Å²) in [6, 6.07) is 2.09. The van der Waals surface area contributed by atoms with Gasteiger partial charge in [-0.25, -0.2) is 4.99 Å². The van der Waals surface area contributed by atoms with Gasteiger partial charge < -0.3 is 14.4 Å². The lowest BCUT2D eigenvalue weighted by molar-refractivity contribution is 0.479. The molecule has 1 aromatic rings. The van der Waals surface area contributed by atoms with Crippen LogP contribution < -0.4 is 0 Å². The van der Waals surface area contributed by atoms with Crippen molar-refractivity contribution in [3.05, 3.63) is 24.0 Å². The fourth-order valence-electron chi connectivity index (χ4n) is 1.50. The standard InChI is InChI=1S/C11H20N4/c1-13(2)11(14(3)4)12-8-10-6-7-15(5)9-10/h6-7,9H,8H2,1-5H3. The Morgan fingerprint density at radius 3 is 2.27 bits per heavy atom. The average Bonchev–Trinajstić information content (AvgIpc) is 2.50. The maximum atomic E-state index is 4.56. The third-order valence-corrected chi connectivity index (χ3v) is 2.10. The van der Waals surface area contributed by atoms with Crippen LogP contribution in [0.5, 0.6) is 0 Å². The Labute approximate surface area is 91.8 Å². The summed E-state index contributed by atoms with van der Waals surface area (Å²) in [4.78, 5) is 8.60. The first-order chi connectivity index (χ1) is 7.00. The number of aromatic nitrogens is 1. The van der Waals surface area contributed by atoms with E-state index in [0.29, 0.717) is 0 Å². The molecule has 0 atom stereocenters. The topological polar surface area (TPSA) is 23.8 Å². The Morgan fingerprint density at radius 1 is 1.27 bits per heavy atom. The van der Waals surface area contributed by atoms with E-state index >= 15 is 0 Å². The zero-order chi connectivity index (χ0) is 11.4. The summed E-state index contributed by atoms with van der Waals surface area (Å²) in [6.07, 6.45) is 4.13. The average molecular weight is 208 g/mol. The van der Waals surface area contributed by atoms with Gasteiger partial charge in [-0.2, -0.15) is 0 Å². The first-order valence-electron chi connectivity index (χ1n) is 5.00. The molecule has 0 N–H and O–H groups in total. The SMILES string of the molecule is CN(C)C(=NCc1ccn(C)c1)N(C)C. The van der Waals surface area contributed by atoms with Gasteiger partial charge in [0.2, 0.25) is 0 Å². The van der Waals surface area contributed by atoms with Crippen LogP contribution in [0.15, 0.2) is 23.5 Å². The third kappa shape index (κ3) is 3.31. The Kier molecular flexibility index (Phi) is 3.77. The van der Waals surface area contributed by atoms with Crippen LogP contribution in [0, 0.1) is 0 Å². The molecule has 4 heteroatoms. The van der Waals surface area contributed by atoms with Crippen molar-refractivity contribution in [2.75, 3.05) is 28.2 Å². The summed E-state index contributed by atoms with van der Waals surface area (Å²) in [5.41, 5.74) is 1.23. The molecule has 0 radical (unpaired) electrons. The van der Waals surface area contributed by atoms with E-state index < -0.39 is 0 Å². The summed E-state index contributed by atoms with van der Waals surface area (Å²) in [6.45, 7) is 0.729. The molecule has 0 saturated carbocycles. The van der Waals surface area contributed by atoms with Gasteiger partial charge in [0.1, 0.15) is 0 Å². The maximum Gasteiger partial charge on any atom is 0.195 e. The largest absolute Gasteiger partial charge is 0.357 e. The van der Waals surface area contributed by atoms with Crippen molar-refractivity contribution in [2.45, 2.75) is 6.54 Å². The van der Waals surface area contributed by atoms with Gasteiger partial charge in [-0.15, -0.1) is 0 Å². The van der Waals surface area contributed by atoms with Gasteiger partial charge in [0.05, 0.1) is 6.54 Å². The van der Waals surface area contributed by atoms with E-state index in [1.165, 1.54) is 5.56 Å². The van der Waals surface area contributed by atoms with E-state index in [2.05, 4.69) is 17.3 Å². The zero-order valence-electron chi connectivity index (χ0n) is 10.2. The highest BCUT2D eigenvalue weighted by molar-refractivity contribution is 5.79. The van der Waals surface area contributed by atoms with Crippen molar-refractivity contribution in [3.63, 3.8) is 0 Å². The Morgan fingerprint density at radius 2 is 1.87 bits per heavy atom. The van der Waals surface area contributed by atoms with Gasteiger partial charge in [-0.1, -0.05) is 0 Å². The second kappa shape index (κ2) is 4.87. The van der Waals surface area contributed by atoms with E-state index in [1.807, 2.05) is 55.8 Å². The molecule has 0 aliphatic rings. The minimum absolute atomic E-state index is 0.729. The number of rotatable bonds is 2. The first kappa shape index (κ1) is 11.6. The van der Waals surface area contributed by atoms with Gasteiger partial charge in [0.25, 0.3) is 0 Å². The number of hydrogen-bond donors (Lipinski definition) is 0. The lowest BCUT2D eigenvalue weighted by Gasteiger charge is -2.22. The van der Waals surface area contributed by atoms with Crippen molar-refractivity contribution in [3.8, 4) is 0 Å². The van der Waals surface area contributed by atoms with E-state index in [4.69, 9.17) is 0 Å². The summed E-state index contributed by atoms with van der Waals surface area (Å²) < 4.78 is 2.04. The van der Waals surface area contributed by atoms with Crippen LogP contribution >= 0.6 is 0 Å². The van der Waals surface area contributed by atoms with E-state index in [0.717, 1.165) is 12.5 Å². The highest BCUT2D eigenvalue weighted by Crippen LogP contribution is 2.02. The van der Waals surface area contributed by atoms with Gasteiger partial charge in [-0.05, 0) is 11.6 Å². The molecule has 4 nitrogen and oxygen atoms in total. The molecule has 0 fully saturated rings. The highest BCUT2D eigenvalue weighted by Gasteiger charge is 2.03. The predicted octanol–water partition coefficient (Wildman–Crippen LogP) is 1.00. The Bertz CT molecular complexity index is 326. The van der Waals surface area contributed by atoms with Crippen molar-refractivity contribution in [1.29, 1.82) is 0 Å². The lowest BCUT2D eigenvalue weighted by atomic mass is 10.3. The number of aryl methyl sites for hydroxylation is 1. The number of guanidine groups is 1. The second-order valence-corrected chi connectivity index (χ2v) is 4.09. The van der Waals surface area contributed by atoms with Crippen LogP contribution in [-0.4, -0.2) is 48.5 Å². The van der Waals surface area contributed by atoms with Crippen LogP contribution in [0.3, 0.4) is 0 Å². The van der Waals surface area contributed by atoms with Gasteiger partial charge >= 0.3 is 0 Å². The van der Waals surface area contributed by atoms with Crippen molar-refractivity contribution >= 4 is 5.96 Å². The molecule has 1 aromatic heterocycles. The van der Waals surface area contributed by atoms with Gasteiger partial charge in [-0.3, -0.25) is 0 Å². The van der Waals surface area contributed by atoms with Gasteiger partial charge in [0, 0.05) is 47.6 Å². The quantitative estimate of drug-likeness (QED) is 0.535. The summed E-state index contributed by atoms with van der Waals surface area (Å²) in [7, 11) is 10.0. The molecule has 0 aromatic carbocycles. The molecule has 84 valence electrons. The minimum atomic E-state index is 0.729. The predicted molar refractivity (Wildman–Crippen MR) is 63.9 cm³/mol. The van der Waals surface area contributed by atoms with Crippen LogP contribution in [0.2, 0.25) is 0 Å². The maximum absolute atomic E-state index is 4.56. The second-order valence-electron chi connectivity index (χ2n) is 4.09. The highest BCUT2D eigenvalue weighted by atomic mass is 15.3. The van der Waals surface area contributed by atoms with E-state index in [-0.39, 0.29) is 0 Å². The molecule has 15 heavy (non-hydrogen) atoms. The van der Waals surface area contributed by atoms with Crippen LogP contribution in [0.1, 0.15) is 5.56 Å². The summed E-state index contributed by atoms with van der Waals surface area (Å²) in [5.74, 6) is 0.985. The lowest BCUT2D eigenvalue weighted by Crippen LogP contribution is -2.35. The zero-order valence-corrected chi connectivity index (χ0v) is 10.2. The molecule has 0 aliphatic carbocycles. The molecular formula is C11H20N4. The summed E-state index contributed by atoms with van der Waals surface area (Å²) in [5, 5.41) is 0. The first-order valence-corrected chi connectivity index (χ1v) is 5.00. The smallest absolute Gasteiger partial charge is 0.195 e. The monoisotopic (exact) mass is 208 g/mol. The molecule has 0 bridgehead atoms. The van der Waals surface area contributed by atoms with Gasteiger partial charge in [0.15, 0.2) is 5.96 Å². The number of hydrogen-bond acceptors (Lipinski definition) is 1. The molecule has 0 amide bonds. The third-order valence-electron chi connectivity index (χ3n) is 2.10. The number of aliphatic imine (C=N–C) groups is 1. The van der Waals surface area contributed by atoms with E-state index in [9.17, 15) is 0 Å². The number of nitrogens with zero attached hydrogens (tertiary/aromatic N) is 4. The summed E-state index contributed by atoms with van der Waals surface area (Å²) >= 11 is 0. The molecule has 0 spiro atoms. The van der Waals surface area contributed by atoms with Crippen molar-refractivity contribution in [1.82, 2.24) is 14.4 Å². The van der Waals surface area contributed by atoms with E-state index in [1.54, 1.807) is 0 Å². The molecule has 0 unspecified atom stereocenters. The molecular weight excluding hydrogens is 188 g/mol. The molecule has 0 saturated heterocycles. The molecule has 0 aliphatic heterocycles. The van der Waals surface area contributed by atoms with Crippen molar-refractivity contribution < 1.29 is 0 Å². The Balaban J connectivity index is 2.69. The molecule has 1 rings (SSSR count). The fourth-order valence-corrected chi connectivity index (χ4v) is 1.50. The van der Waals surface area contributed by atoms with Crippen LogP contribution in [0.4, 0.5) is 0 Å². The normalized spacial score (nSPS) is 9.93.